The fraction of sp³-hybridized carbons (Fsp3) is 0.174. The molecule has 0 radical (unpaired) electrons. The Morgan fingerprint density at radius 2 is 1.74 bits per heavy atom. The van der Waals surface area contributed by atoms with Crippen molar-refractivity contribution >= 4 is 32.1 Å². The van der Waals surface area contributed by atoms with Crippen LogP contribution in [0.15, 0.2) is 59.5 Å². The number of benzene rings is 3. The number of allylic oxidation sites excluding steroid dienone is 1. The first-order chi connectivity index (χ1) is 13.1. The molecule has 4 rings (SSSR count). The Kier molecular flexibility index (Phi) is 4.66. The number of methoxy groups -OCH3 is 2. The zero-order valence-corrected chi connectivity index (χ0v) is 16.4. The van der Waals surface area contributed by atoms with Crippen LogP contribution >= 0.6 is 0 Å². The van der Waals surface area contributed by atoms with Gasteiger partial charge in [0.1, 0.15) is 11.5 Å². The van der Waals surface area contributed by atoms with E-state index in [1.54, 1.807) is 14.2 Å². The third-order valence-electron chi connectivity index (χ3n) is 4.91. The molecule has 4 heteroatoms. The molecule has 0 spiro atoms. The molecule has 1 aliphatic rings. The molecule has 0 saturated carbocycles. The SMILES string of the molecule is COc1ccc(Cc2ccc3cc4c(cc3c2)C=CC(C)=[S-]4=O)c(OC)c1. The molecular weight excluding hydrogens is 356 g/mol. The third-order valence-corrected chi connectivity index (χ3v) is 6.39. The molecule has 0 atom stereocenters. The van der Waals surface area contributed by atoms with Crippen molar-refractivity contribution < 1.29 is 13.7 Å². The Morgan fingerprint density at radius 3 is 2.52 bits per heavy atom. The number of ether oxygens (including phenoxy) is 2. The van der Waals surface area contributed by atoms with Gasteiger partial charge >= 0.3 is 0 Å². The Bertz CT molecular complexity index is 1150. The normalized spacial score (nSPS) is 13.7. The number of hydrogen-bond acceptors (Lipinski definition) is 4. The topological polar surface area (TPSA) is 35.5 Å². The van der Waals surface area contributed by atoms with Crippen LogP contribution in [0.4, 0.5) is 0 Å². The quantitative estimate of drug-likeness (QED) is 0.475. The van der Waals surface area contributed by atoms with Gasteiger partial charge in [-0.15, -0.1) is 9.76 Å². The van der Waals surface area contributed by atoms with Crippen LogP contribution in [0.2, 0.25) is 0 Å². The molecule has 27 heavy (non-hydrogen) atoms. The highest BCUT2D eigenvalue weighted by atomic mass is 32.2. The lowest BCUT2D eigenvalue weighted by molar-refractivity contribution is 0.391. The van der Waals surface area contributed by atoms with E-state index in [9.17, 15) is 4.21 Å². The minimum Gasteiger partial charge on any atom is -0.497 e. The minimum absolute atomic E-state index is 0.773. The standard InChI is InChI=1S/C23H21O3S/c1-15-4-6-19-12-20-11-16(5-7-17(20)13-23(19)27(15)24)10-18-8-9-21(25-2)14-22(18)26-3/h4-9,11-14H,10H2,1-3H3/q-1. The predicted octanol–water partition coefficient (Wildman–Crippen LogP) is 4.99. The van der Waals surface area contributed by atoms with Crippen molar-refractivity contribution in [2.24, 2.45) is 0 Å². The molecule has 0 aromatic heterocycles. The average molecular weight is 377 g/mol. The first kappa shape index (κ1) is 17.7. The van der Waals surface area contributed by atoms with E-state index in [1.807, 2.05) is 43.3 Å². The van der Waals surface area contributed by atoms with Gasteiger partial charge in [-0.2, -0.15) is 0 Å². The summed E-state index contributed by atoms with van der Waals surface area (Å²) in [6.07, 6.45) is 4.76. The maximum Gasteiger partial charge on any atom is 0.126 e. The summed E-state index contributed by atoms with van der Waals surface area (Å²) in [6.45, 7) is 1.91. The van der Waals surface area contributed by atoms with Gasteiger partial charge in [0, 0.05) is 12.5 Å². The summed E-state index contributed by atoms with van der Waals surface area (Å²) in [7, 11) is 2.27. The van der Waals surface area contributed by atoms with E-state index in [4.69, 9.17) is 9.47 Å². The van der Waals surface area contributed by atoms with Crippen LogP contribution in [0, 0.1) is 0 Å². The fourth-order valence-electron chi connectivity index (χ4n) is 3.40. The van der Waals surface area contributed by atoms with Gasteiger partial charge in [0.05, 0.1) is 14.2 Å². The Morgan fingerprint density at radius 1 is 0.889 bits per heavy atom. The molecule has 3 aromatic rings. The molecule has 0 bridgehead atoms. The van der Waals surface area contributed by atoms with Gasteiger partial charge in [-0.25, -0.2) is 10.4 Å². The molecule has 0 fully saturated rings. The molecular formula is C23H21O3S-. The summed E-state index contributed by atoms with van der Waals surface area (Å²) in [5.41, 5.74) is 3.35. The largest absolute Gasteiger partial charge is 0.497 e. The van der Waals surface area contributed by atoms with Crippen LogP contribution in [0.25, 0.3) is 16.8 Å². The molecule has 1 heterocycles. The lowest BCUT2D eigenvalue weighted by Gasteiger charge is -2.19. The predicted molar refractivity (Wildman–Crippen MR) is 112 cm³/mol. The van der Waals surface area contributed by atoms with Gasteiger partial charge in [-0.05, 0) is 39.6 Å². The lowest BCUT2D eigenvalue weighted by Crippen LogP contribution is -2.00. The van der Waals surface area contributed by atoms with E-state index in [1.165, 1.54) is 5.56 Å². The van der Waals surface area contributed by atoms with Crippen molar-refractivity contribution in [2.75, 3.05) is 14.2 Å². The van der Waals surface area contributed by atoms with E-state index in [-0.39, 0.29) is 0 Å². The zero-order valence-electron chi connectivity index (χ0n) is 15.6. The molecule has 0 saturated heterocycles. The second kappa shape index (κ2) is 7.12. The number of rotatable bonds is 4. The van der Waals surface area contributed by atoms with Crippen molar-refractivity contribution in [1.29, 1.82) is 0 Å². The van der Waals surface area contributed by atoms with Gasteiger partial charge in [0.25, 0.3) is 0 Å². The van der Waals surface area contributed by atoms with Crippen molar-refractivity contribution in [1.82, 2.24) is 0 Å². The minimum atomic E-state index is -1.06. The third kappa shape index (κ3) is 3.33. The zero-order chi connectivity index (χ0) is 19.0. The maximum atomic E-state index is 12.5. The van der Waals surface area contributed by atoms with Gasteiger partial charge in [0.15, 0.2) is 0 Å². The van der Waals surface area contributed by atoms with Crippen molar-refractivity contribution in [3.05, 3.63) is 71.3 Å². The van der Waals surface area contributed by atoms with E-state index in [2.05, 4.69) is 24.3 Å². The first-order valence-corrected chi connectivity index (χ1v) is 9.95. The maximum absolute atomic E-state index is 12.5. The summed E-state index contributed by atoms with van der Waals surface area (Å²) in [5.74, 6) is 1.61. The summed E-state index contributed by atoms with van der Waals surface area (Å²) >= 11 is 0. The smallest absolute Gasteiger partial charge is 0.126 e. The van der Waals surface area contributed by atoms with E-state index in [0.717, 1.165) is 49.6 Å². The van der Waals surface area contributed by atoms with Crippen LogP contribution in [0.5, 0.6) is 11.5 Å². The molecule has 0 N–H and O–H groups in total. The summed E-state index contributed by atoms with van der Waals surface area (Å²) in [4.78, 5) is 1.79. The lowest BCUT2D eigenvalue weighted by atomic mass is 9.99. The van der Waals surface area contributed by atoms with E-state index >= 15 is 0 Å². The Labute approximate surface area is 161 Å². The van der Waals surface area contributed by atoms with E-state index < -0.39 is 10.4 Å². The molecule has 3 nitrogen and oxygen atoms in total. The summed E-state index contributed by atoms with van der Waals surface area (Å²) < 4.78 is 23.3. The second-order valence-electron chi connectivity index (χ2n) is 6.64. The highest BCUT2D eigenvalue weighted by Gasteiger charge is 2.08. The molecule has 0 unspecified atom stereocenters. The van der Waals surface area contributed by atoms with E-state index in [0.29, 0.717) is 0 Å². The highest BCUT2D eigenvalue weighted by molar-refractivity contribution is 7.85. The highest BCUT2D eigenvalue weighted by Crippen LogP contribution is 2.29. The monoisotopic (exact) mass is 377 g/mol. The molecule has 3 aromatic carbocycles. The van der Waals surface area contributed by atoms with Gasteiger partial charge in [-0.3, -0.25) is 0 Å². The molecule has 0 aliphatic carbocycles. The van der Waals surface area contributed by atoms with Gasteiger partial charge < -0.3 is 13.7 Å². The number of hydrogen-bond donors (Lipinski definition) is 0. The van der Waals surface area contributed by atoms with Crippen molar-refractivity contribution in [3.8, 4) is 11.5 Å². The van der Waals surface area contributed by atoms with Crippen LogP contribution in [-0.4, -0.2) is 19.1 Å². The van der Waals surface area contributed by atoms with Gasteiger partial charge in [0.2, 0.25) is 0 Å². The average Bonchev–Trinajstić information content (AvgIpc) is 2.70. The van der Waals surface area contributed by atoms with Crippen LogP contribution in [0.3, 0.4) is 0 Å². The summed E-state index contributed by atoms with van der Waals surface area (Å²) in [5, 5.41) is 2.26. The van der Waals surface area contributed by atoms with Crippen LogP contribution in [0.1, 0.15) is 23.6 Å². The molecule has 0 amide bonds. The van der Waals surface area contributed by atoms with Crippen molar-refractivity contribution in [2.45, 2.75) is 18.2 Å². The second-order valence-corrected chi connectivity index (χ2v) is 8.26. The van der Waals surface area contributed by atoms with Crippen LogP contribution in [-0.2, 0) is 21.0 Å². The van der Waals surface area contributed by atoms with Gasteiger partial charge in [-0.1, -0.05) is 49.4 Å². The van der Waals surface area contributed by atoms with Crippen LogP contribution < -0.4 is 9.47 Å². The Balaban J connectivity index is 1.73. The Hall–Kier alpha value is -2.72. The molecule has 138 valence electrons. The number of fused-ring (bicyclic) bond motifs is 2. The fourth-order valence-corrected chi connectivity index (χ4v) is 4.52. The molecule has 1 aliphatic heterocycles. The summed E-state index contributed by atoms with van der Waals surface area (Å²) in [6, 6.07) is 16.5. The first-order valence-electron chi connectivity index (χ1n) is 8.80. The van der Waals surface area contributed by atoms with Crippen molar-refractivity contribution in [3.63, 3.8) is 0 Å².